The van der Waals surface area contributed by atoms with Crippen molar-refractivity contribution in [2.24, 2.45) is 0 Å². The molecule has 0 bridgehead atoms. The Balaban J connectivity index is 2.14. The van der Waals surface area contributed by atoms with Crippen LogP contribution < -0.4 is 9.88 Å². The molecule has 0 unspecified atom stereocenters. The molecular weight excluding hydrogens is 268 g/mol. The van der Waals surface area contributed by atoms with Crippen molar-refractivity contribution in [3.05, 3.63) is 54.4 Å². The summed E-state index contributed by atoms with van der Waals surface area (Å²) in [6.07, 6.45) is 3.19. The van der Waals surface area contributed by atoms with Crippen molar-refractivity contribution in [3.8, 4) is 5.75 Å². The van der Waals surface area contributed by atoms with Crippen molar-refractivity contribution in [2.45, 2.75) is 19.9 Å². The smallest absolute Gasteiger partial charge is 0.293 e. The SMILES string of the molecule is CC(=O)c1cccc(NC(=O)[C@H](C)[n+]2cccc(O)c2)c1. The number of hydrogen-bond acceptors (Lipinski definition) is 3. The number of aromatic nitrogens is 1. The van der Waals surface area contributed by atoms with E-state index in [0.29, 0.717) is 11.3 Å². The highest BCUT2D eigenvalue weighted by Gasteiger charge is 2.22. The largest absolute Gasteiger partial charge is 0.503 e. The van der Waals surface area contributed by atoms with Crippen molar-refractivity contribution in [3.63, 3.8) is 0 Å². The maximum Gasteiger partial charge on any atom is 0.293 e. The second-order valence-corrected chi connectivity index (χ2v) is 4.81. The van der Waals surface area contributed by atoms with E-state index in [-0.39, 0.29) is 17.4 Å². The minimum atomic E-state index is -0.488. The summed E-state index contributed by atoms with van der Waals surface area (Å²) in [6, 6.07) is 9.50. The van der Waals surface area contributed by atoms with Crippen LogP contribution >= 0.6 is 0 Å². The minimum Gasteiger partial charge on any atom is -0.503 e. The predicted octanol–water partition coefficient (Wildman–Crippen LogP) is 2.08. The summed E-state index contributed by atoms with van der Waals surface area (Å²) >= 11 is 0. The first-order chi connectivity index (χ1) is 9.97. The lowest BCUT2D eigenvalue weighted by atomic mass is 10.1. The highest BCUT2D eigenvalue weighted by Crippen LogP contribution is 2.13. The number of carbonyl (C=O) groups excluding carboxylic acids is 2. The van der Waals surface area contributed by atoms with Gasteiger partial charge >= 0.3 is 0 Å². The van der Waals surface area contributed by atoms with Gasteiger partial charge in [0.05, 0.1) is 0 Å². The summed E-state index contributed by atoms with van der Waals surface area (Å²) in [5, 5.41) is 12.2. The molecule has 1 heterocycles. The zero-order valence-electron chi connectivity index (χ0n) is 11.9. The standard InChI is InChI=1S/C16H16N2O3/c1-11(18-8-4-7-15(20)10-18)16(21)17-14-6-3-5-13(9-14)12(2)19/h3-11H,1-2H3,(H-,17,20,21)/p+1/t11-/m0/s1. The van der Waals surface area contributed by atoms with E-state index >= 15 is 0 Å². The van der Waals surface area contributed by atoms with Gasteiger partial charge in [0.15, 0.2) is 17.7 Å². The topological polar surface area (TPSA) is 70.3 Å². The van der Waals surface area contributed by atoms with Crippen LogP contribution in [0, 0.1) is 0 Å². The number of benzene rings is 1. The molecule has 0 saturated heterocycles. The third-order valence-electron chi connectivity index (χ3n) is 3.17. The second kappa shape index (κ2) is 6.17. The molecule has 108 valence electrons. The Hall–Kier alpha value is -2.69. The lowest BCUT2D eigenvalue weighted by Gasteiger charge is -2.09. The van der Waals surface area contributed by atoms with E-state index < -0.39 is 6.04 Å². The molecule has 0 aliphatic rings. The van der Waals surface area contributed by atoms with E-state index in [9.17, 15) is 14.7 Å². The second-order valence-electron chi connectivity index (χ2n) is 4.81. The molecule has 0 spiro atoms. The average molecular weight is 285 g/mol. The van der Waals surface area contributed by atoms with Gasteiger partial charge in [-0.1, -0.05) is 12.1 Å². The number of Topliss-reactive ketones (excluding diaryl/α,β-unsaturated/α-hetero) is 1. The van der Waals surface area contributed by atoms with E-state index in [1.54, 1.807) is 48.0 Å². The lowest BCUT2D eigenvalue weighted by Crippen LogP contribution is -2.43. The molecule has 5 heteroatoms. The molecule has 2 N–H and O–H groups in total. The van der Waals surface area contributed by atoms with Crippen molar-refractivity contribution in [1.29, 1.82) is 0 Å². The van der Waals surface area contributed by atoms with Crippen LogP contribution in [-0.2, 0) is 4.79 Å². The predicted molar refractivity (Wildman–Crippen MR) is 78.1 cm³/mol. The van der Waals surface area contributed by atoms with Crippen LogP contribution in [0.2, 0.25) is 0 Å². The van der Waals surface area contributed by atoms with Crippen LogP contribution in [0.3, 0.4) is 0 Å². The van der Waals surface area contributed by atoms with Crippen LogP contribution in [0.4, 0.5) is 5.69 Å². The van der Waals surface area contributed by atoms with Crippen LogP contribution in [0.15, 0.2) is 48.8 Å². The van der Waals surface area contributed by atoms with E-state index in [4.69, 9.17) is 0 Å². The monoisotopic (exact) mass is 285 g/mol. The highest BCUT2D eigenvalue weighted by atomic mass is 16.3. The summed E-state index contributed by atoms with van der Waals surface area (Å²) in [5.41, 5.74) is 1.12. The Morgan fingerprint density at radius 1 is 1.24 bits per heavy atom. The van der Waals surface area contributed by atoms with E-state index in [0.717, 1.165) is 0 Å². The molecule has 0 aliphatic carbocycles. The van der Waals surface area contributed by atoms with Crippen LogP contribution in [0.1, 0.15) is 30.2 Å². The summed E-state index contributed by atoms with van der Waals surface area (Å²) in [6.45, 7) is 3.20. The van der Waals surface area contributed by atoms with Gasteiger partial charge in [-0.3, -0.25) is 9.59 Å². The first kappa shape index (κ1) is 14.7. The van der Waals surface area contributed by atoms with E-state index in [1.165, 1.54) is 19.2 Å². The number of anilines is 1. The Kier molecular flexibility index (Phi) is 4.33. The van der Waals surface area contributed by atoms with Gasteiger partial charge in [-0.15, -0.1) is 0 Å². The van der Waals surface area contributed by atoms with Crippen LogP contribution in [0.5, 0.6) is 5.75 Å². The molecule has 0 saturated carbocycles. The number of amides is 1. The third-order valence-corrected chi connectivity index (χ3v) is 3.17. The zero-order chi connectivity index (χ0) is 15.4. The fourth-order valence-electron chi connectivity index (χ4n) is 1.92. The van der Waals surface area contributed by atoms with E-state index in [1.807, 2.05) is 0 Å². The molecule has 1 aromatic carbocycles. The molecule has 2 rings (SSSR count). The molecule has 5 nitrogen and oxygen atoms in total. The number of nitrogens with one attached hydrogen (secondary N) is 1. The van der Waals surface area contributed by atoms with Crippen molar-refractivity contribution in [2.75, 3.05) is 5.32 Å². The summed E-state index contributed by atoms with van der Waals surface area (Å²) in [4.78, 5) is 23.5. The number of carbonyl (C=O) groups is 2. The van der Waals surface area contributed by atoms with Gasteiger partial charge in [-0.25, -0.2) is 0 Å². The number of hydrogen-bond donors (Lipinski definition) is 2. The Morgan fingerprint density at radius 3 is 2.67 bits per heavy atom. The Morgan fingerprint density at radius 2 is 2.00 bits per heavy atom. The van der Waals surface area contributed by atoms with Crippen molar-refractivity contribution in [1.82, 2.24) is 0 Å². The number of nitrogens with zero attached hydrogens (tertiary/aromatic N) is 1. The van der Waals surface area contributed by atoms with Gasteiger partial charge in [0, 0.05) is 24.2 Å². The van der Waals surface area contributed by atoms with Gasteiger partial charge in [0.25, 0.3) is 5.91 Å². The minimum absolute atomic E-state index is 0.0542. The van der Waals surface area contributed by atoms with Crippen molar-refractivity contribution >= 4 is 17.4 Å². The molecule has 1 amide bonds. The van der Waals surface area contributed by atoms with Crippen LogP contribution in [-0.4, -0.2) is 16.8 Å². The van der Waals surface area contributed by atoms with Crippen molar-refractivity contribution < 1.29 is 19.3 Å². The molecule has 21 heavy (non-hydrogen) atoms. The average Bonchev–Trinajstić information content (AvgIpc) is 2.46. The van der Waals surface area contributed by atoms with Gasteiger partial charge in [-0.2, -0.15) is 4.57 Å². The van der Waals surface area contributed by atoms with Gasteiger partial charge < -0.3 is 10.4 Å². The number of pyridine rings is 1. The van der Waals surface area contributed by atoms with Crippen LogP contribution in [0.25, 0.3) is 0 Å². The number of ketones is 1. The van der Waals surface area contributed by atoms with Gasteiger partial charge in [0.2, 0.25) is 12.2 Å². The molecular formula is C16H17N2O3+. The number of aromatic hydroxyl groups is 1. The lowest BCUT2D eigenvalue weighted by molar-refractivity contribution is -0.705. The summed E-state index contributed by atoms with van der Waals surface area (Å²) < 4.78 is 1.61. The van der Waals surface area contributed by atoms with Gasteiger partial charge in [0.1, 0.15) is 0 Å². The molecule has 1 aromatic heterocycles. The first-order valence-corrected chi connectivity index (χ1v) is 6.59. The highest BCUT2D eigenvalue weighted by molar-refractivity contribution is 5.97. The fraction of sp³-hybridized carbons (Fsp3) is 0.188. The maximum absolute atomic E-state index is 12.2. The Bertz CT molecular complexity index is 683. The zero-order valence-corrected chi connectivity index (χ0v) is 11.9. The van der Waals surface area contributed by atoms with E-state index in [2.05, 4.69) is 5.32 Å². The number of rotatable bonds is 4. The molecule has 0 radical (unpaired) electrons. The molecule has 2 aromatic rings. The quantitative estimate of drug-likeness (QED) is 0.667. The molecule has 0 fully saturated rings. The molecule has 0 aliphatic heterocycles. The summed E-state index contributed by atoms with van der Waals surface area (Å²) in [7, 11) is 0. The van der Waals surface area contributed by atoms with Gasteiger partial charge in [-0.05, 0) is 25.1 Å². The third kappa shape index (κ3) is 3.66. The Labute approximate surface area is 122 Å². The first-order valence-electron chi connectivity index (χ1n) is 6.59. The normalized spacial score (nSPS) is 11.7. The maximum atomic E-state index is 12.2. The summed E-state index contributed by atoms with van der Waals surface area (Å²) in [5.74, 6) is -0.191. The fourth-order valence-corrected chi connectivity index (χ4v) is 1.92. The molecule has 1 atom stereocenters.